The van der Waals surface area contributed by atoms with Crippen LogP contribution in [0, 0.1) is 17.0 Å². The molecule has 2 N–H and O–H groups in total. The third-order valence-electron chi connectivity index (χ3n) is 3.87. The lowest BCUT2D eigenvalue weighted by Gasteiger charge is -2.13. The number of aliphatic imine (C=N–C) groups is 1. The van der Waals surface area contributed by atoms with Crippen LogP contribution in [0.5, 0.6) is 0 Å². The van der Waals surface area contributed by atoms with Crippen LogP contribution in [0.15, 0.2) is 53.5 Å². The monoisotopic (exact) mass is 372 g/mol. The van der Waals surface area contributed by atoms with Crippen molar-refractivity contribution in [3.8, 4) is 0 Å². The fourth-order valence-corrected chi connectivity index (χ4v) is 2.63. The Hall–Kier alpha value is -2.54. The van der Waals surface area contributed by atoms with E-state index in [1.165, 1.54) is 23.3 Å². The van der Waals surface area contributed by atoms with Crippen LogP contribution in [0.25, 0.3) is 0 Å². The molecular weight excluding hydrogens is 348 g/mol. The fraction of sp³-hybridized carbons (Fsp3) is 0.316. The van der Waals surface area contributed by atoms with E-state index in [1.807, 2.05) is 12.1 Å². The second kappa shape index (κ2) is 10.5. The summed E-state index contributed by atoms with van der Waals surface area (Å²) >= 11 is 1.77. The predicted molar refractivity (Wildman–Crippen MR) is 109 cm³/mol. The number of thioether (sulfide) groups is 1. The highest BCUT2D eigenvalue weighted by molar-refractivity contribution is 7.98. The number of non-ortho nitro benzene ring substituents is 1. The minimum Gasteiger partial charge on any atom is -0.356 e. The molecule has 2 aromatic rings. The van der Waals surface area contributed by atoms with E-state index in [2.05, 4.69) is 40.9 Å². The van der Waals surface area contributed by atoms with Crippen molar-refractivity contribution in [1.82, 2.24) is 10.6 Å². The van der Waals surface area contributed by atoms with E-state index < -0.39 is 4.92 Å². The molecule has 0 heterocycles. The SMILES string of the molecule is CSCCNC(=NCc1ccc([N+](=O)[O-])cc1)NCc1ccccc1C. The van der Waals surface area contributed by atoms with Crippen LogP contribution >= 0.6 is 11.8 Å². The Balaban J connectivity index is 2.01. The van der Waals surface area contributed by atoms with E-state index in [1.54, 1.807) is 23.9 Å². The zero-order valence-electron chi connectivity index (χ0n) is 15.1. The summed E-state index contributed by atoms with van der Waals surface area (Å²) in [5.74, 6) is 1.73. The molecule has 0 fully saturated rings. The van der Waals surface area contributed by atoms with E-state index in [0.717, 1.165) is 23.8 Å². The lowest BCUT2D eigenvalue weighted by molar-refractivity contribution is -0.384. The summed E-state index contributed by atoms with van der Waals surface area (Å²) in [6, 6.07) is 14.7. The van der Waals surface area contributed by atoms with Crippen molar-refractivity contribution in [3.05, 3.63) is 75.3 Å². The molecular formula is C19H24N4O2S. The maximum Gasteiger partial charge on any atom is 0.269 e. The maximum atomic E-state index is 10.7. The highest BCUT2D eigenvalue weighted by Crippen LogP contribution is 2.12. The van der Waals surface area contributed by atoms with Gasteiger partial charge >= 0.3 is 0 Å². The molecule has 0 aromatic heterocycles. The summed E-state index contributed by atoms with van der Waals surface area (Å²) in [5.41, 5.74) is 3.48. The standard InChI is InChI=1S/C19H24N4O2S/c1-15-5-3-4-6-17(15)14-22-19(20-11-12-26-2)21-13-16-7-9-18(10-8-16)23(24)25/h3-10H,11-14H2,1-2H3,(H2,20,21,22). The highest BCUT2D eigenvalue weighted by atomic mass is 32.2. The Labute approximate surface area is 158 Å². The first-order chi connectivity index (χ1) is 12.6. The van der Waals surface area contributed by atoms with Crippen molar-refractivity contribution >= 4 is 23.4 Å². The highest BCUT2D eigenvalue weighted by Gasteiger charge is 2.05. The Kier molecular flexibility index (Phi) is 7.95. The molecule has 26 heavy (non-hydrogen) atoms. The largest absolute Gasteiger partial charge is 0.356 e. The first-order valence-corrected chi connectivity index (χ1v) is 9.78. The average molecular weight is 372 g/mol. The molecule has 0 aliphatic rings. The van der Waals surface area contributed by atoms with E-state index in [-0.39, 0.29) is 5.69 Å². The molecule has 0 aliphatic heterocycles. The number of nitro groups is 1. The second-order valence-electron chi connectivity index (χ2n) is 5.79. The van der Waals surface area contributed by atoms with Gasteiger partial charge in [0.05, 0.1) is 11.5 Å². The van der Waals surface area contributed by atoms with Gasteiger partial charge in [-0.1, -0.05) is 36.4 Å². The third-order valence-corrected chi connectivity index (χ3v) is 4.49. The molecule has 2 rings (SSSR count). The number of nitrogens with one attached hydrogen (secondary N) is 2. The summed E-state index contributed by atoms with van der Waals surface area (Å²) < 4.78 is 0. The minimum atomic E-state index is -0.397. The van der Waals surface area contributed by atoms with Gasteiger partial charge in [-0.15, -0.1) is 0 Å². The molecule has 0 saturated carbocycles. The van der Waals surface area contributed by atoms with Crippen molar-refractivity contribution in [2.45, 2.75) is 20.0 Å². The third kappa shape index (κ3) is 6.40. The van der Waals surface area contributed by atoms with Gasteiger partial charge in [0.25, 0.3) is 5.69 Å². The molecule has 0 aliphatic carbocycles. The minimum absolute atomic E-state index is 0.0914. The number of benzene rings is 2. The molecule has 0 radical (unpaired) electrons. The van der Waals surface area contributed by atoms with Crippen LogP contribution in [0.2, 0.25) is 0 Å². The smallest absolute Gasteiger partial charge is 0.269 e. The van der Waals surface area contributed by atoms with Crippen molar-refractivity contribution < 1.29 is 4.92 Å². The second-order valence-corrected chi connectivity index (χ2v) is 6.77. The molecule has 0 unspecified atom stereocenters. The first kappa shape index (κ1) is 19.8. The Morgan fingerprint density at radius 3 is 2.54 bits per heavy atom. The lowest BCUT2D eigenvalue weighted by atomic mass is 10.1. The quantitative estimate of drug-likeness (QED) is 0.244. The summed E-state index contributed by atoms with van der Waals surface area (Å²) in [7, 11) is 0. The van der Waals surface area contributed by atoms with Crippen LogP contribution in [0.3, 0.4) is 0 Å². The number of rotatable bonds is 8. The van der Waals surface area contributed by atoms with Gasteiger partial charge in [0, 0.05) is 31.0 Å². The maximum absolute atomic E-state index is 10.7. The zero-order chi connectivity index (χ0) is 18.8. The topological polar surface area (TPSA) is 79.6 Å². The summed E-state index contributed by atoms with van der Waals surface area (Å²) in [6.07, 6.45) is 2.07. The molecule has 138 valence electrons. The van der Waals surface area contributed by atoms with Gasteiger partial charge < -0.3 is 10.6 Å². The average Bonchev–Trinajstić information content (AvgIpc) is 2.65. The van der Waals surface area contributed by atoms with Crippen LogP contribution in [-0.2, 0) is 13.1 Å². The summed E-state index contributed by atoms with van der Waals surface area (Å²) in [6.45, 7) is 4.06. The zero-order valence-corrected chi connectivity index (χ0v) is 15.9. The molecule has 7 heteroatoms. The molecule has 0 amide bonds. The van der Waals surface area contributed by atoms with Gasteiger partial charge in [0.15, 0.2) is 5.96 Å². The molecule has 0 saturated heterocycles. The first-order valence-electron chi connectivity index (χ1n) is 8.39. The molecule has 0 bridgehead atoms. The number of hydrogen-bond acceptors (Lipinski definition) is 4. The number of guanidine groups is 1. The van der Waals surface area contributed by atoms with Gasteiger partial charge in [-0.25, -0.2) is 4.99 Å². The number of nitrogens with zero attached hydrogens (tertiary/aromatic N) is 2. The normalized spacial score (nSPS) is 11.2. The molecule has 2 aromatic carbocycles. The van der Waals surface area contributed by atoms with Gasteiger partial charge in [-0.3, -0.25) is 10.1 Å². The van der Waals surface area contributed by atoms with Crippen molar-refractivity contribution in [3.63, 3.8) is 0 Å². The fourth-order valence-electron chi connectivity index (χ4n) is 2.33. The summed E-state index contributed by atoms with van der Waals surface area (Å²) in [4.78, 5) is 14.9. The number of aryl methyl sites for hydroxylation is 1. The van der Waals surface area contributed by atoms with Gasteiger partial charge in [0.2, 0.25) is 0 Å². The number of nitro benzene ring substituents is 1. The van der Waals surface area contributed by atoms with E-state index in [9.17, 15) is 10.1 Å². The molecule has 6 nitrogen and oxygen atoms in total. The van der Waals surface area contributed by atoms with Crippen molar-refractivity contribution in [2.75, 3.05) is 18.6 Å². The van der Waals surface area contributed by atoms with E-state index >= 15 is 0 Å². The Bertz CT molecular complexity index is 747. The van der Waals surface area contributed by atoms with Crippen LogP contribution in [-0.4, -0.2) is 29.4 Å². The summed E-state index contributed by atoms with van der Waals surface area (Å²) in [5, 5.41) is 17.4. The lowest BCUT2D eigenvalue weighted by Crippen LogP contribution is -2.38. The van der Waals surface area contributed by atoms with Crippen molar-refractivity contribution in [2.24, 2.45) is 4.99 Å². The molecule has 0 atom stereocenters. The Morgan fingerprint density at radius 1 is 1.15 bits per heavy atom. The number of hydrogen-bond donors (Lipinski definition) is 2. The van der Waals surface area contributed by atoms with Crippen LogP contribution < -0.4 is 10.6 Å². The van der Waals surface area contributed by atoms with E-state index in [4.69, 9.17) is 0 Å². The van der Waals surface area contributed by atoms with Gasteiger partial charge in [-0.2, -0.15) is 11.8 Å². The van der Waals surface area contributed by atoms with Crippen LogP contribution in [0.1, 0.15) is 16.7 Å². The Morgan fingerprint density at radius 2 is 1.88 bits per heavy atom. The van der Waals surface area contributed by atoms with E-state index in [0.29, 0.717) is 13.1 Å². The van der Waals surface area contributed by atoms with Crippen molar-refractivity contribution in [1.29, 1.82) is 0 Å². The van der Waals surface area contributed by atoms with Crippen LogP contribution in [0.4, 0.5) is 5.69 Å². The predicted octanol–water partition coefficient (Wildman–Crippen LogP) is 3.50. The van der Waals surface area contributed by atoms with Gasteiger partial charge in [0.1, 0.15) is 0 Å². The molecule has 0 spiro atoms. The van der Waals surface area contributed by atoms with Gasteiger partial charge in [-0.05, 0) is 29.9 Å².